The number of methoxy groups -OCH3 is 1. The lowest BCUT2D eigenvalue weighted by Gasteiger charge is -2.12. The Morgan fingerprint density at radius 2 is 1.85 bits per heavy atom. The Labute approximate surface area is 151 Å². The first-order chi connectivity index (χ1) is 12.7. The highest BCUT2D eigenvalue weighted by atomic mass is 19.4. The lowest BCUT2D eigenvalue weighted by atomic mass is 10.2. The summed E-state index contributed by atoms with van der Waals surface area (Å²) in [5.74, 6) is -0.753. The van der Waals surface area contributed by atoms with Crippen molar-refractivity contribution >= 4 is 23.0 Å². The van der Waals surface area contributed by atoms with Crippen LogP contribution in [0, 0.1) is 10.1 Å². The molecule has 2 N–H and O–H groups in total. The van der Waals surface area contributed by atoms with Crippen LogP contribution in [-0.2, 0) is 4.79 Å². The van der Waals surface area contributed by atoms with E-state index < -0.39 is 17.2 Å². The van der Waals surface area contributed by atoms with Crippen LogP contribution in [0.25, 0.3) is 0 Å². The van der Waals surface area contributed by atoms with Gasteiger partial charge in [0.15, 0.2) is 0 Å². The molecule has 0 heterocycles. The molecule has 8 nitrogen and oxygen atoms in total. The minimum absolute atomic E-state index is 0.117. The van der Waals surface area contributed by atoms with Crippen molar-refractivity contribution in [2.24, 2.45) is 0 Å². The maximum absolute atomic E-state index is 12.1. The Morgan fingerprint density at radius 1 is 1.19 bits per heavy atom. The van der Waals surface area contributed by atoms with E-state index in [1.54, 1.807) is 0 Å². The van der Waals surface area contributed by atoms with Gasteiger partial charge in [-0.05, 0) is 30.3 Å². The number of benzene rings is 2. The number of hydrogen-bond donors (Lipinski definition) is 2. The summed E-state index contributed by atoms with van der Waals surface area (Å²) in [6.07, 6.45) is -4.78. The lowest BCUT2D eigenvalue weighted by Crippen LogP contribution is -2.22. The number of nitro groups is 1. The van der Waals surface area contributed by atoms with Crippen LogP contribution in [0.1, 0.15) is 0 Å². The van der Waals surface area contributed by atoms with Gasteiger partial charge in [0.25, 0.3) is 5.69 Å². The molecule has 0 aliphatic rings. The minimum atomic E-state index is -4.78. The monoisotopic (exact) mass is 385 g/mol. The average molecular weight is 385 g/mol. The van der Waals surface area contributed by atoms with Gasteiger partial charge in [-0.3, -0.25) is 14.9 Å². The molecule has 27 heavy (non-hydrogen) atoms. The van der Waals surface area contributed by atoms with Crippen LogP contribution in [0.2, 0.25) is 0 Å². The molecule has 0 saturated carbocycles. The normalized spacial score (nSPS) is 10.8. The van der Waals surface area contributed by atoms with Crippen molar-refractivity contribution in [2.75, 3.05) is 24.3 Å². The zero-order valence-electron chi connectivity index (χ0n) is 13.9. The van der Waals surface area contributed by atoms with Crippen LogP contribution >= 0.6 is 0 Å². The van der Waals surface area contributed by atoms with E-state index in [1.807, 2.05) is 0 Å². The molecule has 0 atom stereocenters. The molecule has 0 fully saturated rings. The molecule has 0 spiro atoms. The van der Waals surface area contributed by atoms with E-state index in [0.29, 0.717) is 5.69 Å². The third kappa shape index (κ3) is 6.06. The number of nitrogens with zero attached hydrogens (tertiary/aromatic N) is 1. The van der Waals surface area contributed by atoms with E-state index >= 15 is 0 Å². The highest BCUT2D eigenvalue weighted by Crippen LogP contribution is 2.29. The molecule has 0 unspecified atom stereocenters. The van der Waals surface area contributed by atoms with E-state index in [4.69, 9.17) is 4.74 Å². The van der Waals surface area contributed by atoms with Crippen molar-refractivity contribution in [1.82, 2.24) is 0 Å². The van der Waals surface area contributed by atoms with Crippen molar-refractivity contribution < 1.29 is 32.4 Å². The van der Waals surface area contributed by atoms with Crippen LogP contribution in [0.4, 0.5) is 30.2 Å². The Hall–Kier alpha value is -3.50. The second kappa shape index (κ2) is 8.25. The smallest absolute Gasteiger partial charge is 0.494 e. The van der Waals surface area contributed by atoms with Crippen molar-refractivity contribution in [3.63, 3.8) is 0 Å². The first-order valence-corrected chi connectivity index (χ1v) is 7.40. The van der Waals surface area contributed by atoms with Gasteiger partial charge < -0.3 is 20.1 Å². The average Bonchev–Trinajstić information content (AvgIpc) is 2.60. The van der Waals surface area contributed by atoms with Gasteiger partial charge in [-0.1, -0.05) is 0 Å². The van der Waals surface area contributed by atoms with Crippen molar-refractivity contribution in [3.05, 3.63) is 52.6 Å². The summed E-state index contributed by atoms with van der Waals surface area (Å²) >= 11 is 0. The molecule has 2 rings (SSSR count). The SMILES string of the molecule is COc1cc([N+](=O)[O-])ccc1NC(=O)CNc1ccc(OC(F)(F)F)cc1. The molecule has 1 amide bonds. The Bertz CT molecular complexity index is 825. The summed E-state index contributed by atoms with van der Waals surface area (Å²) in [5, 5.41) is 16.0. The second-order valence-corrected chi connectivity index (χ2v) is 5.12. The fraction of sp³-hybridized carbons (Fsp3) is 0.188. The Kier molecular flexibility index (Phi) is 6.06. The Morgan fingerprint density at radius 3 is 2.41 bits per heavy atom. The molecule has 0 aliphatic carbocycles. The fourth-order valence-corrected chi connectivity index (χ4v) is 2.05. The summed E-state index contributed by atoms with van der Waals surface area (Å²) in [6, 6.07) is 8.56. The summed E-state index contributed by atoms with van der Waals surface area (Å²) < 4.78 is 45.0. The van der Waals surface area contributed by atoms with E-state index in [-0.39, 0.29) is 29.4 Å². The molecule has 144 valence electrons. The van der Waals surface area contributed by atoms with Gasteiger partial charge in [-0.25, -0.2) is 0 Å². The van der Waals surface area contributed by atoms with E-state index in [1.165, 1.54) is 37.4 Å². The topological polar surface area (TPSA) is 103 Å². The van der Waals surface area contributed by atoms with Crippen LogP contribution in [0.3, 0.4) is 0 Å². The standard InChI is InChI=1S/C16H14F3N3O5/c1-26-14-8-11(22(24)25)4-7-13(14)21-15(23)9-20-10-2-5-12(6-3-10)27-16(17,18)19/h2-8,20H,9H2,1H3,(H,21,23). The molecule has 0 bridgehead atoms. The number of rotatable bonds is 7. The van der Waals surface area contributed by atoms with Gasteiger partial charge in [0.1, 0.15) is 11.5 Å². The third-order valence-electron chi connectivity index (χ3n) is 3.21. The second-order valence-electron chi connectivity index (χ2n) is 5.12. The molecule has 2 aromatic rings. The highest BCUT2D eigenvalue weighted by molar-refractivity contribution is 5.95. The highest BCUT2D eigenvalue weighted by Gasteiger charge is 2.30. The molecule has 2 aromatic carbocycles. The summed E-state index contributed by atoms with van der Waals surface area (Å²) in [7, 11) is 1.30. The van der Waals surface area contributed by atoms with Crippen LogP contribution in [0.15, 0.2) is 42.5 Å². The van der Waals surface area contributed by atoms with Gasteiger partial charge in [0.05, 0.1) is 30.3 Å². The van der Waals surface area contributed by atoms with E-state index in [2.05, 4.69) is 15.4 Å². The van der Waals surface area contributed by atoms with Crippen LogP contribution < -0.4 is 20.1 Å². The van der Waals surface area contributed by atoms with Crippen LogP contribution in [-0.4, -0.2) is 30.8 Å². The number of carbonyl (C=O) groups is 1. The predicted octanol–water partition coefficient (Wildman–Crippen LogP) is 3.55. The molecule has 0 radical (unpaired) electrons. The first-order valence-electron chi connectivity index (χ1n) is 7.40. The quantitative estimate of drug-likeness (QED) is 0.558. The summed E-state index contributed by atoms with van der Waals surface area (Å²) in [6.45, 7) is -0.195. The zero-order chi connectivity index (χ0) is 20.0. The summed E-state index contributed by atoms with van der Waals surface area (Å²) in [5.41, 5.74) is 0.448. The number of nitro benzene ring substituents is 1. The van der Waals surface area contributed by atoms with Crippen molar-refractivity contribution in [1.29, 1.82) is 0 Å². The number of nitrogens with one attached hydrogen (secondary N) is 2. The number of halogens is 3. The number of non-ortho nitro benzene ring substituents is 1. The molecule has 0 saturated heterocycles. The van der Waals surface area contributed by atoms with Gasteiger partial charge >= 0.3 is 6.36 Å². The lowest BCUT2D eigenvalue weighted by molar-refractivity contribution is -0.384. The fourth-order valence-electron chi connectivity index (χ4n) is 2.05. The third-order valence-corrected chi connectivity index (χ3v) is 3.21. The zero-order valence-corrected chi connectivity index (χ0v) is 13.9. The number of ether oxygens (including phenoxy) is 2. The molecular formula is C16H14F3N3O5. The molecule has 0 aliphatic heterocycles. The van der Waals surface area contributed by atoms with Crippen LogP contribution in [0.5, 0.6) is 11.5 Å². The minimum Gasteiger partial charge on any atom is -0.494 e. The van der Waals surface area contributed by atoms with Crippen molar-refractivity contribution in [2.45, 2.75) is 6.36 Å². The maximum Gasteiger partial charge on any atom is 0.573 e. The molecule has 11 heteroatoms. The first kappa shape index (κ1) is 19.8. The largest absolute Gasteiger partial charge is 0.573 e. The maximum atomic E-state index is 12.1. The number of carbonyl (C=O) groups excluding carboxylic acids is 1. The van der Waals surface area contributed by atoms with E-state index in [9.17, 15) is 28.1 Å². The van der Waals surface area contributed by atoms with Gasteiger partial charge in [-0.15, -0.1) is 13.2 Å². The number of hydrogen-bond acceptors (Lipinski definition) is 6. The summed E-state index contributed by atoms with van der Waals surface area (Å²) in [4.78, 5) is 22.1. The number of anilines is 2. The van der Waals surface area contributed by atoms with Crippen molar-refractivity contribution in [3.8, 4) is 11.5 Å². The molecular weight excluding hydrogens is 371 g/mol. The predicted molar refractivity (Wildman–Crippen MR) is 89.9 cm³/mol. The molecule has 0 aromatic heterocycles. The van der Waals surface area contributed by atoms with Gasteiger partial charge in [-0.2, -0.15) is 0 Å². The van der Waals surface area contributed by atoms with E-state index in [0.717, 1.165) is 12.1 Å². The Balaban J connectivity index is 1.94. The van der Waals surface area contributed by atoms with Gasteiger partial charge in [0, 0.05) is 11.8 Å². The van der Waals surface area contributed by atoms with Gasteiger partial charge in [0.2, 0.25) is 5.91 Å². The number of amides is 1. The number of alkyl halides is 3.